The molecule has 0 aliphatic carbocycles. The zero-order valence-electron chi connectivity index (χ0n) is 10.3. The lowest BCUT2D eigenvalue weighted by Crippen LogP contribution is -2.13. The summed E-state index contributed by atoms with van der Waals surface area (Å²) in [6, 6.07) is 3.49. The molecule has 0 bridgehead atoms. The summed E-state index contributed by atoms with van der Waals surface area (Å²) in [6.07, 6.45) is 2.51. The van der Waals surface area contributed by atoms with Gasteiger partial charge in [0, 0.05) is 10.7 Å². The predicted octanol–water partition coefficient (Wildman–Crippen LogP) is 2.94. The normalized spacial score (nSPS) is 12.9. The minimum absolute atomic E-state index is 0.221. The van der Waals surface area contributed by atoms with Gasteiger partial charge in [0.15, 0.2) is 0 Å². The molecule has 5 nitrogen and oxygen atoms in total. The first-order chi connectivity index (χ1) is 8.56. The smallest absolute Gasteiger partial charge is 0.243 e. The van der Waals surface area contributed by atoms with Crippen LogP contribution in [0.5, 0.6) is 0 Å². The second-order valence-corrected chi connectivity index (χ2v) is 5.47. The molecule has 96 valence electrons. The number of aromatic nitrogens is 3. The van der Waals surface area contributed by atoms with Crippen LogP contribution in [0.25, 0.3) is 11.5 Å². The van der Waals surface area contributed by atoms with Crippen molar-refractivity contribution in [2.75, 3.05) is 0 Å². The van der Waals surface area contributed by atoms with Gasteiger partial charge in [-0.2, -0.15) is 4.98 Å². The molecule has 0 spiro atoms. The van der Waals surface area contributed by atoms with Crippen LogP contribution >= 0.6 is 15.9 Å². The first-order valence-electron chi connectivity index (χ1n) is 5.77. The molecule has 0 saturated heterocycles. The van der Waals surface area contributed by atoms with E-state index in [1.807, 2.05) is 12.1 Å². The number of rotatable bonds is 4. The van der Waals surface area contributed by atoms with Crippen molar-refractivity contribution in [2.24, 2.45) is 11.7 Å². The number of nitrogens with two attached hydrogens (primary N) is 1. The zero-order valence-corrected chi connectivity index (χ0v) is 11.9. The van der Waals surface area contributed by atoms with E-state index in [9.17, 15) is 0 Å². The van der Waals surface area contributed by atoms with Gasteiger partial charge in [0.1, 0.15) is 5.69 Å². The van der Waals surface area contributed by atoms with Crippen molar-refractivity contribution < 1.29 is 4.52 Å². The molecule has 0 aromatic carbocycles. The summed E-state index contributed by atoms with van der Waals surface area (Å²) < 4.78 is 6.08. The van der Waals surface area contributed by atoms with Crippen LogP contribution in [0.3, 0.4) is 0 Å². The first kappa shape index (κ1) is 13.2. The van der Waals surface area contributed by atoms with Crippen LogP contribution in [-0.4, -0.2) is 15.1 Å². The van der Waals surface area contributed by atoms with Gasteiger partial charge in [-0.05, 0) is 40.4 Å². The lowest BCUT2D eigenvalue weighted by Gasteiger charge is -2.08. The van der Waals surface area contributed by atoms with Crippen molar-refractivity contribution in [3.05, 3.63) is 28.7 Å². The Morgan fingerprint density at radius 2 is 2.17 bits per heavy atom. The number of hydrogen-bond acceptors (Lipinski definition) is 5. The molecule has 2 aromatic rings. The Labute approximate surface area is 114 Å². The highest BCUT2D eigenvalue weighted by molar-refractivity contribution is 9.10. The van der Waals surface area contributed by atoms with Crippen molar-refractivity contribution in [1.29, 1.82) is 0 Å². The Balaban J connectivity index is 2.17. The van der Waals surface area contributed by atoms with Gasteiger partial charge in [0.2, 0.25) is 11.7 Å². The Morgan fingerprint density at radius 3 is 2.78 bits per heavy atom. The maximum Gasteiger partial charge on any atom is 0.243 e. The van der Waals surface area contributed by atoms with E-state index in [-0.39, 0.29) is 6.04 Å². The van der Waals surface area contributed by atoms with Crippen molar-refractivity contribution >= 4 is 15.9 Å². The van der Waals surface area contributed by atoms with Gasteiger partial charge in [-0.3, -0.25) is 4.98 Å². The fourth-order valence-corrected chi connectivity index (χ4v) is 1.84. The lowest BCUT2D eigenvalue weighted by atomic mass is 10.0. The van der Waals surface area contributed by atoms with Crippen LogP contribution in [0.4, 0.5) is 0 Å². The number of hydrogen-bond donors (Lipinski definition) is 1. The molecule has 2 rings (SSSR count). The summed E-state index contributed by atoms with van der Waals surface area (Å²) >= 11 is 3.33. The largest absolute Gasteiger partial charge is 0.337 e. The second kappa shape index (κ2) is 5.58. The molecule has 0 aliphatic rings. The molecule has 0 fully saturated rings. The van der Waals surface area contributed by atoms with Crippen molar-refractivity contribution in [3.63, 3.8) is 0 Å². The molecule has 0 radical (unpaired) electrons. The molecule has 0 unspecified atom stereocenters. The third kappa shape index (κ3) is 3.14. The molecule has 2 N–H and O–H groups in total. The van der Waals surface area contributed by atoms with E-state index in [1.165, 1.54) is 0 Å². The number of halogens is 1. The van der Waals surface area contributed by atoms with Gasteiger partial charge in [0.25, 0.3) is 0 Å². The highest BCUT2D eigenvalue weighted by atomic mass is 79.9. The van der Waals surface area contributed by atoms with Gasteiger partial charge in [-0.25, -0.2) is 0 Å². The predicted molar refractivity (Wildman–Crippen MR) is 71.6 cm³/mol. The molecule has 6 heteroatoms. The van der Waals surface area contributed by atoms with Crippen molar-refractivity contribution in [1.82, 2.24) is 15.1 Å². The fraction of sp³-hybridized carbons (Fsp3) is 0.417. The Kier molecular flexibility index (Phi) is 4.08. The molecule has 18 heavy (non-hydrogen) atoms. The van der Waals surface area contributed by atoms with E-state index >= 15 is 0 Å². The zero-order chi connectivity index (χ0) is 13.1. The van der Waals surface area contributed by atoms with Crippen LogP contribution in [0.2, 0.25) is 0 Å². The van der Waals surface area contributed by atoms with Crippen LogP contribution in [0.15, 0.2) is 27.3 Å². The monoisotopic (exact) mass is 310 g/mol. The maximum absolute atomic E-state index is 5.99. The average molecular weight is 311 g/mol. The minimum atomic E-state index is -0.221. The third-order valence-corrected chi connectivity index (χ3v) is 2.91. The molecule has 0 aliphatic heterocycles. The van der Waals surface area contributed by atoms with Crippen molar-refractivity contribution in [3.8, 4) is 11.5 Å². The van der Waals surface area contributed by atoms with Gasteiger partial charge < -0.3 is 10.3 Å². The van der Waals surface area contributed by atoms with E-state index in [4.69, 9.17) is 10.3 Å². The lowest BCUT2D eigenvalue weighted by molar-refractivity contribution is 0.335. The first-order valence-corrected chi connectivity index (χ1v) is 6.56. The molecule has 2 aromatic heterocycles. The molecule has 0 saturated carbocycles. The van der Waals surface area contributed by atoms with E-state index in [0.717, 1.165) is 10.9 Å². The van der Waals surface area contributed by atoms with Crippen molar-refractivity contribution in [2.45, 2.75) is 26.3 Å². The summed E-state index contributed by atoms with van der Waals surface area (Å²) in [4.78, 5) is 8.49. The highest BCUT2D eigenvalue weighted by Gasteiger charge is 2.17. The summed E-state index contributed by atoms with van der Waals surface area (Å²) in [5.41, 5.74) is 6.66. The minimum Gasteiger partial charge on any atom is -0.337 e. The van der Waals surface area contributed by atoms with Crippen LogP contribution < -0.4 is 5.73 Å². The molecule has 0 amide bonds. The summed E-state index contributed by atoms with van der Waals surface area (Å²) in [5, 5.41) is 3.90. The Hall–Kier alpha value is -1.27. The third-order valence-electron chi connectivity index (χ3n) is 2.44. The standard InChI is InChI=1S/C12H15BrN4O/c1-7(2)5-9(14)12-16-11(17-18-12)10-4-3-8(13)6-15-10/h3-4,6-7,9H,5,14H2,1-2H3/t9-/m0/s1. The second-order valence-electron chi connectivity index (χ2n) is 4.55. The Bertz CT molecular complexity index is 509. The summed E-state index contributed by atoms with van der Waals surface area (Å²) in [5.74, 6) is 1.42. The van der Waals surface area contributed by atoms with Gasteiger partial charge >= 0.3 is 0 Å². The average Bonchev–Trinajstić information content (AvgIpc) is 2.78. The van der Waals surface area contributed by atoms with Crippen LogP contribution in [0, 0.1) is 5.92 Å². The highest BCUT2D eigenvalue weighted by Crippen LogP contribution is 2.21. The van der Waals surface area contributed by atoms with Gasteiger partial charge in [-0.15, -0.1) is 0 Å². The molecular formula is C12H15BrN4O. The van der Waals surface area contributed by atoms with Gasteiger partial charge in [-0.1, -0.05) is 19.0 Å². The van der Waals surface area contributed by atoms with Crippen LogP contribution in [-0.2, 0) is 0 Å². The van der Waals surface area contributed by atoms with E-state index < -0.39 is 0 Å². The summed E-state index contributed by atoms with van der Waals surface area (Å²) in [7, 11) is 0. The molecular weight excluding hydrogens is 296 g/mol. The fourth-order valence-electron chi connectivity index (χ4n) is 1.61. The maximum atomic E-state index is 5.99. The topological polar surface area (TPSA) is 77.8 Å². The summed E-state index contributed by atoms with van der Waals surface area (Å²) in [6.45, 7) is 4.21. The van der Waals surface area contributed by atoms with Crippen LogP contribution in [0.1, 0.15) is 32.2 Å². The van der Waals surface area contributed by atoms with E-state index in [2.05, 4.69) is 44.9 Å². The van der Waals surface area contributed by atoms with E-state index in [1.54, 1.807) is 6.20 Å². The van der Waals surface area contributed by atoms with Gasteiger partial charge in [0.05, 0.1) is 6.04 Å². The van der Waals surface area contributed by atoms with E-state index in [0.29, 0.717) is 23.3 Å². The molecule has 2 heterocycles. The quantitative estimate of drug-likeness (QED) is 0.939. The Morgan fingerprint density at radius 1 is 1.39 bits per heavy atom. The number of nitrogens with zero attached hydrogens (tertiary/aromatic N) is 3. The molecule has 1 atom stereocenters. The SMILES string of the molecule is CC(C)C[C@H](N)c1nc(-c2ccc(Br)cn2)no1. The number of pyridine rings is 1.